The molecular formula is C20H25N3O4. The predicted molar refractivity (Wildman–Crippen MR) is 101 cm³/mol. The van der Waals surface area contributed by atoms with Crippen LogP contribution in [0.4, 0.5) is 10.5 Å². The summed E-state index contributed by atoms with van der Waals surface area (Å²) in [6.45, 7) is 3.01. The number of rotatable bonds is 6. The second kappa shape index (κ2) is 9.34. The molecule has 144 valence electrons. The largest absolute Gasteiger partial charge is 0.445 e. The lowest BCUT2D eigenvalue weighted by Crippen LogP contribution is -2.49. The zero-order valence-electron chi connectivity index (χ0n) is 15.7. The third-order valence-corrected chi connectivity index (χ3v) is 4.55. The first-order valence-electron chi connectivity index (χ1n) is 8.93. The first-order chi connectivity index (χ1) is 13.2. The monoisotopic (exact) mass is 371 g/mol. The molecule has 1 aromatic heterocycles. The maximum absolute atomic E-state index is 12.2. The summed E-state index contributed by atoms with van der Waals surface area (Å²) in [5.74, 6) is 0. The van der Waals surface area contributed by atoms with E-state index in [9.17, 15) is 4.79 Å². The lowest BCUT2D eigenvalue weighted by atomic mass is 10.2. The fourth-order valence-corrected chi connectivity index (χ4v) is 3.02. The Morgan fingerprint density at radius 3 is 2.33 bits per heavy atom. The van der Waals surface area contributed by atoms with Gasteiger partial charge in [-0.25, -0.2) is 4.79 Å². The molecule has 0 aliphatic carbocycles. The Labute approximate surface area is 159 Å². The van der Waals surface area contributed by atoms with Gasteiger partial charge in [0.15, 0.2) is 0 Å². The van der Waals surface area contributed by atoms with E-state index >= 15 is 0 Å². The van der Waals surface area contributed by atoms with Crippen LogP contribution in [0, 0.1) is 0 Å². The van der Waals surface area contributed by atoms with Gasteiger partial charge in [0.05, 0.1) is 17.6 Å². The Morgan fingerprint density at radius 2 is 1.74 bits per heavy atom. The number of nitrogens with zero attached hydrogens (tertiary/aromatic N) is 3. The summed E-state index contributed by atoms with van der Waals surface area (Å²) < 4.78 is 15.8. The maximum atomic E-state index is 12.2. The number of anilines is 1. The number of ether oxygens (including phenoxy) is 3. The molecule has 3 rings (SSSR count). The van der Waals surface area contributed by atoms with Gasteiger partial charge in [0.2, 0.25) is 6.29 Å². The molecule has 1 aromatic carbocycles. The van der Waals surface area contributed by atoms with E-state index in [1.807, 2.05) is 48.7 Å². The zero-order valence-corrected chi connectivity index (χ0v) is 15.7. The van der Waals surface area contributed by atoms with Crippen molar-refractivity contribution in [1.29, 1.82) is 0 Å². The fourth-order valence-electron chi connectivity index (χ4n) is 3.02. The zero-order chi connectivity index (χ0) is 19.1. The highest BCUT2D eigenvalue weighted by Crippen LogP contribution is 2.20. The number of methoxy groups -OCH3 is 2. The molecule has 0 bridgehead atoms. The number of benzene rings is 1. The van der Waals surface area contributed by atoms with Crippen molar-refractivity contribution < 1.29 is 19.0 Å². The Morgan fingerprint density at radius 1 is 1.04 bits per heavy atom. The van der Waals surface area contributed by atoms with Gasteiger partial charge in [-0.05, 0) is 17.7 Å². The number of pyridine rings is 1. The quantitative estimate of drug-likeness (QED) is 0.728. The number of carbonyl (C=O) groups is 1. The highest BCUT2D eigenvalue weighted by molar-refractivity contribution is 5.68. The minimum Gasteiger partial charge on any atom is -0.445 e. The standard InChI is InChI=1S/C20H25N3O4/c1-25-19(26-2)18-9-8-17(14-21-18)22-10-12-23(13-11-22)20(24)27-15-16-6-4-3-5-7-16/h3-9,14,19H,10-13,15H2,1-2H3. The second-order valence-electron chi connectivity index (χ2n) is 6.26. The molecule has 0 spiro atoms. The van der Waals surface area contributed by atoms with Gasteiger partial charge in [0.25, 0.3) is 0 Å². The summed E-state index contributed by atoms with van der Waals surface area (Å²) >= 11 is 0. The molecule has 0 saturated carbocycles. The molecule has 0 radical (unpaired) electrons. The Bertz CT molecular complexity index is 712. The normalized spacial score (nSPS) is 14.5. The molecule has 0 unspecified atom stereocenters. The molecule has 1 aliphatic heterocycles. The van der Waals surface area contributed by atoms with Crippen molar-refractivity contribution in [3.63, 3.8) is 0 Å². The van der Waals surface area contributed by atoms with Crippen molar-refractivity contribution in [2.45, 2.75) is 12.9 Å². The van der Waals surface area contributed by atoms with Crippen molar-refractivity contribution in [2.75, 3.05) is 45.3 Å². The summed E-state index contributed by atoms with van der Waals surface area (Å²) in [5, 5.41) is 0. The van der Waals surface area contributed by atoms with Gasteiger partial charge in [0.1, 0.15) is 6.61 Å². The van der Waals surface area contributed by atoms with Crippen LogP contribution >= 0.6 is 0 Å². The lowest BCUT2D eigenvalue weighted by molar-refractivity contribution is -0.108. The summed E-state index contributed by atoms with van der Waals surface area (Å²) in [4.78, 5) is 20.6. The van der Waals surface area contributed by atoms with E-state index in [2.05, 4.69) is 9.88 Å². The highest BCUT2D eigenvalue weighted by atomic mass is 16.7. The average molecular weight is 371 g/mol. The Kier molecular flexibility index (Phi) is 6.62. The number of hydrogen-bond donors (Lipinski definition) is 0. The van der Waals surface area contributed by atoms with Crippen LogP contribution in [0.5, 0.6) is 0 Å². The molecule has 27 heavy (non-hydrogen) atoms. The van der Waals surface area contributed by atoms with Gasteiger partial charge in [-0.1, -0.05) is 30.3 Å². The lowest BCUT2D eigenvalue weighted by Gasteiger charge is -2.35. The van der Waals surface area contributed by atoms with Crippen molar-refractivity contribution in [3.05, 3.63) is 59.9 Å². The summed E-state index contributed by atoms with van der Waals surface area (Å²) in [6.07, 6.45) is 1.08. The first kappa shape index (κ1) is 19.1. The molecule has 2 aromatic rings. The van der Waals surface area contributed by atoms with E-state index in [0.717, 1.165) is 30.0 Å². The van der Waals surface area contributed by atoms with Gasteiger partial charge in [-0.15, -0.1) is 0 Å². The molecular weight excluding hydrogens is 346 g/mol. The van der Waals surface area contributed by atoms with Crippen LogP contribution in [-0.4, -0.2) is 56.4 Å². The molecule has 7 nitrogen and oxygen atoms in total. The van der Waals surface area contributed by atoms with Crippen molar-refractivity contribution in [3.8, 4) is 0 Å². The van der Waals surface area contributed by atoms with Crippen molar-refractivity contribution >= 4 is 11.8 Å². The van der Waals surface area contributed by atoms with Gasteiger partial charge in [0, 0.05) is 40.4 Å². The predicted octanol–water partition coefficient (Wildman–Crippen LogP) is 2.83. The van der Waals surface area contributed by atoms with E-state index in [-0.39, 0.29) is 6.09 Å². The second-order valence-corrected chi connectivity index (χ2v) is 6.26. The smallest absolute Gasteiger partial charge is 0.410 e. The molecule has 1 saturated heterocycles. The van der Waals surface area contributed by atoms with E-state index in [0.29, 0.717) is 19.7 Å². The van der Waals surface area contributed by atoms with Crippen LogP contribution < -0.4 is 4.90 Å². The van der Waals surface area contributed by atoms with Crippen LogP contribution in [0.3, 0.4) is 0 Å². The molecule has 1 aliphatic rings. The number of amides is 1. The minimum absolute atomic E-state index is 0.269. The average Bonchev–Trinajstić information content (AvgIpc) is 2.74. The molecule has 1 amide bonds. The number of hydrogen-bond acceptors (Lipinski definition) is 6. The van der Waals surface area contributed by atoms with E-state index in [1.165, 1.54) is 0 Å². The SMILES string of the molecule is COC(OC)c1ccc(N2CCN(C(=O)OCc3ccccc3)CC2)cn1. The minimum atomic E-state index is -0.463. The Balaban J connectivity index is 1.49. The van der Waals surface area contributed by atoms with Crippen LogP contribution in [0.2, 0.25) is 0 Å². The fraction of sp³-hybridized carbons (Fsp3) is 0.400. The van der Waals surface area contributed by atoms with Crippen LogP contribution in [0.15, 0.2) is 48.7 Å². The van der Waals surface area contributed by atoms with Gasteiger partial charge in [-0.2, -0.15) is 0 Å². The third-order valence-electron chi connectivity index (χ3n) is 4.55. The van der Waals surface area contributed by atoms with Crippen LogP contribution in [0.25, 0.3) is 0 Å². The third kappa shape index (κ3) is 4.96. The topological polar surface area (TPSA) is 64.1 Å². The Hall–Kier alpha value is -2.64. The van der Waals surface area contributed by atoms with E-state index in [4.69, 9.17) is 14.2 Å². The molecule has 7 heteroatoms. The summed E-state index contributed by atoms with van der Waals surface area (Å²) in [7, 11) is 3.17. The summed E-state index contributed by atoms with van der Waals surface area (Å²) in [6, 6.07) is 13.6. The molecule has 1 fully saturated rings. The van der Waals surface area contributed by atoms with Crippen molar-refractivity contribution in [1.82, 2.24) is 9.88 Å². The van der Waals surface area contributed by atoms with Crippen LogP contribution in [-0.2, 0) is 20.8 Å². The summed E-state index contributed by atoms with van der Waals surface area (Å²) in [5.41, 5.74) is 2.73. The van der Waals surface area contributed by atoms with Gasteiger partial charge in [-0.3, -0.25) is 4.98 Å². The first-order valence-corrected chi connectivity index (χ1v) is 8.93. The molecule has 2 heterocycles. The van der Waals surface area contributed by atoms with E-state index < -0.39 is 6.29 Å². The van der Waals surface area contributed by atoms with Gasteiger partial charge < -0.3 is 24.0 Å². The number of aromatic nitrogens is 1. The van der Waals surface area contributed by atoms with Crippen LogP contribution in [0.1, 0.15) is 17.5 Å². The number of piperazine rings is 1. The molecule has 0 atom stereocenters. The van der Waals surface area contributed by atoms with Gasteiger partial charge >= 0.3 is 6.09 Å². The number of carbonyl (C=O) groups excluding carboxylic acids is 1. The highest BCUT2D eigenvalue weighted by Gasteiger charge is 2.23. The molecule has 0 N–H and O–H groups in total. The van der Waals surface area contributed by atoms with E-state index in [1.54, 1.807) is 19.1 Å². The van der Waals surface area contributed by atoms with Crippen molar-refractivity contribution in [2.24, 2.45) is 0 Å². The maximum Gasteiger partial charge on any atom is 0.410 e.